The van der Waals surface area contributed by atoms with Crippen LogP contribution in [0, 0.1) is 10.1 Å². The van der Waals surface area contributed by atoms with Gasteiger partial charge in [-0.05, 0) is 43.9 Å². The van der Waals surface area contributed by atoms with Gasteiger partial charge in [0.25, 0.3) is 11.6 Å². The van der Waals surface area contributed by atoms with Crippen molar-refractivity contribution in [3.8, 4) is 0 Å². The predicted octanol–water partition coefficient (Wildman–Crippen LogP) is 3.22. The van der Waals surface area contributed by atoms with Crippen LogP contribution in [-0.4, -0.2) is 54.3 Å². The molecule has 4 rings (SSSR count). The van der Waals surface area contributed by atoms with E-state index in [1.807, 2.05) is 29.2 Å². The first-order valence-corrected chi connectivity index (χ1v) is 11.5. The number of aliphatic hydroxyl groups is 1. The van der Waals surface area contributed by atoms with Gasteiger partial charge in [-0.1, -0.05) is 18.2 Å². The maximum atomic E-state index is 12.5. The zero-order valence-electron chi connectivity index (χ0n) is 18.8. The summed E-state index contributed by atoms with van der Waals surface area (Å²) in [6.07, 6.45) is 2.11. The van der Waals surface area contributed by atoms with Crippen molar-refractivity contribution in [3.05, 3.63) is 63.7 Å². The third kappa shape index (κ3) is 4.96. The molecule has 1 saturated heterocycles. The van der Waals surface area contributed by atoms with E-state index >= 15 is 0 Å². The Morgan fingerprint density at radius 2 is 1.91 bits per heavy atom. The van der Waals surface area contributed by atoms with Gasteiger partial charge in [-0.25, -0.2) is 4.79 Å². The van der Waals surface area contributed by atoms with Gasteiger partial charge in [-0.3, -0.25) is 19.8 Å². The Bertz CT molecular complexity index is 1070. The third-order valence-electron chi connectivity index (χ3n) is 6.27. The van der Waals surface area contributed by atoms with E-state index in [-0.39, 0.29) is 42.5 Å². The molecule has 0 aliphatic carbocycles. The number of fused-ring (bicyclic) bond motifs is 1. The first-order valence-electron chi connectivity index (χ1n) is 11.5. The maximum Gasteiger partial charge on any atom is 0.414 e. The van der Waals surface area contributed by atoms with Crippen LogP contribution in [0.3, 0.4) is 0 Å². The van der Waals surface area contributed by atoms with E-state index in [2.05, 4.69) is 5.32 Å². The number of carbonyl (C=O) groups is 2. The highest BCUT2D eigenvalue weighted by Crippen LogP contribution is 2.35. The van der Waals surface area contributed by atoms with Crippen LogP contribution in [-0.2, 0) is 11.3 Å². The number of nitro groups is 1. The molecule has 2 amide bonds. The number of nitro benzene ring substituents is 1. The zero-order chi connectivity index (χ0) is 24.1. The molecule has 0 bridgehead atoms. The average Bonchev–Trinajstić information content (AvgIpc) is 2.86. The minimum atomic E-state index is -0.470. The number of anilines is 2. The van der Waals surface area contributed by atoms with Gasteiger partial charge in [-0.15, -0.1) is 0 Å². The zero-order valence-corrected chi connectivity index (χ0v) is 18.8. The lowest BCUT2D eigenvalue weighted by Gasteiger charge is -2.40. The molecular formula is C24H28N4O6. The van der Waals surface area contributed by atoms with Gasteiger partial charge in [0, 0.05) is 49.5 Å². The molecule has 1 fully saturated rings. The Hall–Kier alpha value is -3.66. The molecule has 2 aromatic carbocycles. The van der Waals surface area contributed by atoms with Crippen LogP contribution in [0.25, 0.3) is 0 Å². The van der Waals surface area contributed by atoms with Crippen molar-refractivity contribution in [2.24, 2.45) is 0 Å². The van der Waals surface area contributed by atoms with Gasteiger partial charge < -0.3 is 20.1 Å². The molecule has 0 spiro atoms. The molecule has 0 atom stereocenters. The van der Waals surface area contributed by atoms with Crippen molar-refractivity contribution in [1.29, 1.82) is 0 Å². The van der Waals surface area contributed by atoms with E-state index in [1.54, 1.807) is 17.0 Å². The van der Waals surface area contributed by atoms with Gasteiger partial charge in [0.05, 0.1) is 10.6 Å². The summed E-state index contributed by atoms with van der Waals surface area (Å²) in [5.41, 5.74) is 2.39. The predicted molar refractivity (Wildman–Crippen MR) is 126 cm³/mol. The fourth-order valence-electron chi connectivity index (χ4n) is 4.51. The number of nitrogens with one attached hydrogen (secondary N) is 1. The van der Waals surface area contributed by atoms with Gasteiger partial charge in [0.15, 0.2) is 0 Å². The molecule has 2 N–H and O–H groups in total. The van der Waals surface area contributed by atoms with E-state index in [9.17, 15) is 19.7 Å². The fourth-order valence-corrected chi connectivity index (χ4v) is 4.51. The molecule has 2 aromatic rings. The molecule has 180 valence electrons. The Balaban J connectivity index is 1.45. The normalized spacial score (nSPS) is 16.1. The standard InChI is InChI=1S/C24H28N4O6/c29-14-4-3-11-25-23(30)17-7-8-21(22(15-17)28(32)33)26-12-9-19(10-13-26)27-20-6-2-1-5-18(20)16-34-24(27)31/h1-2,5-8,15,19,29H,3-4,9-14,16H2,(H,25,30). The molecule has 34 heavy (non-hydrogen) atoms. The highest BCUT2D eigenvalue weighted by molar-refractivity contribution is 5.96. The quantitative estimate of drug-likeness (QED) is 0.346. The number of unbranched alkanes of at least 4 members (excludes halogenated alkanes) is 1. The minimum absolute atomic E-state index is 0.0538. The lowest BCUT2D eigenvalue weighted by Crippen LogP contribution is -2.49. The van der Waals surface area contributed by atoms with Crippen LogP contribution in [0.1, 0.15) is 41.6 Å². The van der Waals surface area contributed by atoms with Crippen LogP contribution in [0.5, 0.6) is 0 Å². The Morgan fingerprint density at radius 3 is 2.65 bits per heavy atom. The number of amides is 2. The van der Waals surface area contributed by atoms with Crippen molar-refractivity contribution in [2.75, 3.05) is 36.0 Å². The number of hydrogen-bond acceptors (Lipinski definition) is 7. The molecule has 10 nitrogen and oxygen atoms in total. The summed E-state index contributed by atoms with van der Waals surface area (Å²) in [5, 5.41) is 23.3. The van der Waals surface area contributed by atoms with Crippen molar-refractivity contribution in [2.45, 2.75) is 38.3 Å². The fraction of sp³-hybridized carbons (Fsp3) is 0.417. The number of nitrogens with zero attached hydrogens (tertiary/aromatic N) is 3. The second-order valence-electron chi connectivity index (χ2n) is 8.42. The summed E-state index contributed by atoms with van der Waals surface area (Å²) in [5.74, 6) is -0.381. The number of carbonyl (C=O) groups excluding carboxylic acids is 2. The van der Waals surface area contributed by atoms with Gasteiger partial charge >= 0.3 is 6.09 Å². The van der Waals surface area contributed by atoms with E-state index in [1.165, 1.54) is 6.07 Å². The van der Waals surface area contributed by atoms with E-state index < -0.39 is 4.92 Å². The third-order valence-corrected chi connectivity index (χ3v) is 6.27. The smallest absolute Gasteiger partial charge is 0.414 e. The first-order chi connectivity index (χ1) is 16.5. The van der Waals surface area contributed by atoms with Crippen molar-refractivity contribution in [3.63, 3.8) is 0 Å². The van der Waals surface area contributed by atoms with Gasteiger partial charge in [0.2, 0.25) is 0 Å². The van der Waals surface area contributed by atoms with Crippen molar-refractivity contribution < 1.29 is 24.4 Å². The lowest BCUT2D eigenvalue weighted by atomic mass is 9.99. The summed E-state index contributed by atoms with van der Waals surface area (Å²) < 4.78 is 5.34. The van der Waals surface area contributed by atoms with Crippen LogP contribution in [0.4, 0.5) is 21.9 Å². The summed E-state index contributed by atoms with van der Waals surface area (Å²) >= 11 is 0. The molecule has 0 unspecified atom stereocenters. The first kappa shape index (κ1) is 23.5. The number of rotatable bonds is 8. The van der Waals surface area contributed by atoms with Crippen LogP contribution < -0.4 is 15.1 Å². The number of ether oxygens (including phenoxy) is 1. The van der Waals surface area contributed by atoms with Crippen molar-refractivity contribution >= 4 is 29.1 Å². The Morgan fingerprint density at radius 1 is 1.15 bits per heavy atom. The highest BCUT2D eigenvalue weighted by atomic mass is 16.6. The topological polar surface area (TPSA) is 125 Å². The summed E-state index contributed by atoms with van der Waals surface area (Å²) in [6.45, 7) is 1.77. The second kappa shape index (κ2) is 10.5. The molecule has 10 heteroatoms. The van der Waals surface area contributed by atoms with E-state index in [0.717, 1.165) is 11.3 Å². The SMILES string of the molecule is O=C(NCCCCO)c1ccc(N2CCC(N3C(=O)OCc4ccccc43)CC2)c([N+](=O)[O-])c1. The van der Waals surface area contributed by atoms with Crippen LogP contribution in [0.15, 0.2) is 42.5 Å². The Kier molecular flexibility index (Phi) is 7.27. The minimum Gasteiger partial charge on any atom is -0.444 e. The molecule has 2 heterocycles. The van der Waals surface area contributed by atoms with E-state index in [0.29, 0.717) is 51.0 Å². The van der Waals surface area contributed by atoms with Gasteiger partial charge in [0.1, 0.15) is 12.3 Å². The van der Waals surface area contributed by atoms with Crippen molar-refractivity contribution in [1.82, 2.24) is 5.32 Å². The van der Waals surface area contributed by atoms with Crippen LogP contribution in [0.2, 0.25) is 0 Å². The van der Waals surface area contributed by atoms with Crippen LogP contribution >= 0.6 is 0 Å². The number of hydrogen-bond donors (Lipinski definition) is 2. The lowest BCUT2D eigenvalue weighted by molar-refractivity contribution is -0.384. The number of para-hydroxylation sites is 1. The molecule has 2 aliphatic heterocycles. The molecule has 0 saturated carbocycles. The van der Waals surface area contributed by atoms with Gasteiger partial charge in [-0.2, -0.15) is 0 Å². The molecule has 0 radical (unpaired) electrons. The number of aliphatic hydroxyl groups excluding tert-OH is 1. The maximum absolute atomic E-state index is 12.5. The Labute approximate surface area is 197 Å². The second-order valence-corrected chi connectivity index (χ2v) is 8.42. The molecule has 0 aromatic heterocycles. The van der Waals surface area contributed by atoms with E-state index in [4.69, 9.17) is 9.84 Å². The number of cyclic esters (lactones) is 1. The highest BCUT2D eigenvalue weighted by Gasteiger charge is 2.35. The molecule has 2 aliphatic rings. The summed E-state index contributed by atoms with van der Waals surface area (Å²) in [6, 6.07) is 12.1. The molecular weight excluding hydrogens is 440 g/mol. The average molecular weight is 469 g/mol. The summed E-state index contributed by atoms with van der Waals surface area (Å²) in [4.78, 5) is 39.8. The largest absolute Gasteiger partial charge is 0.444 e. The number of piperidine rings is 1. The monoisotopic (exact) mass is 468 g/mol. The number of benzene rings is 2. The summed E-state index contributed by atoms with van der Waals surface area (Å²) in [7, 11) is 0.